The first kappa shape index (κ1) is 14.5. The highest BCUT2D eigenvalue weighted by Gasteiger charge is 2.19. The Labute approximate surface area is 139 Å². The zero-order chi connectivity index (χ0) is 16.4. The van der Waals surface area contributed by atoms with E-state index in [-0.39, 0.29) is 0 Å². The van der Waals surface area contributed by atoms with Crippen LogP contribution in [-0.2, 0) is 11.4 Å². The fourth-order valence-electron chi connectivity index (χ4n) is 2.78. The van der Waals surface area contributed by atoms with Crippen molar-refractivity contribution in [2.75, 3.05) is 7.11 Å². The van der Waals surface area contributed by atoms with Crippen molar-refractivity contribution < 1.29 is 9.57 Å². The lowest BCUT2D eigenvalue weighted by molar-refractivity contribution is 0.131. The molecule has 0 amide bonds. The van der Waals surface area contributed by atoms with Crippen molar-refractivity contribution in [3.05, 3.63) is 88.6 Å². The summed E-state index contributed by atoms with van der Waals surface area (Å²) < 4.78 is 5.15. The van der Waals surface area contributed by atoms with E-state index >= 15 is 0 Å². The monoisotopic (exact) mass is 316 g/mol. The Balaban J connectivity index is 1.58. The lowest BCUT2D eigenvalue weighted by atomic mass is 10.0. The predicted octanol–water partition coefficient (Wildman–Crippen LogP) is 2.51. The summed E-state index contributed by atoms with van der Waals surface area (Å²) in [5.41, 5.74) is 3.81. The molecule has 0 bridgehead atoms. The van der Waals surface area contributed by atoms with Crippen LogP contribution in [0.4, 0.5) is 0 Å². The number of ether oxygens (including phenoxy) is 1. The van der Waals surface area contributed by atoms with E-state index in [4.69, 9.17) is 9.57 Å². The molecule has 0 saturated heterocycles. The number of hydrogen-bond acceptors (Lipinski definition) is 4. The Bertz CT molecular complexity index is 983. The molecule has 2 aromatic carbocycles. The molecule has 2 aromatic rings. The average Bonchev–Trinajstić information content (AvgIpc) is 3.02. The summed E-state index contributed by atoms with van der Waals surface area (Å²) >= 11 is 0. The summed E-state index contributed by atoms with van der Waals surface area (Å²) in [7, 11) is 1.65. The molecular weight excluding hydrogens is 300 g/mol. The van der Waals surface area contributed by atoms with Crippen molar-refractivity contribution in [2.45, 2.75) is 6.61 Å². The first-order valence-corrected chi connectivity index (χ1v) is 7.75. The molecule has 0 N–H and O–H groups in total. The molecule has 118 valence electrons. The van der Waals surface area contributed by atoms with Crippen molar-refractivity contribution in [2.24, 2.45) is 10.1 Å². The molecule has 4 nitrogen and oxygen atoms in total. The van der Waals surface area contributed by atoms with E-state index in [1.54, 1.807) is 7.11 Å². The van der Waals surface area contributed by atoms with Crippen LogP contribution in [0.15, 0.2) is 82.6 Å². The van der Waals surface area contributed by atoms with Gasteiger partial charge in [-0.2, -0.15) is 0 Å². The minimum absolute atomic E-state index is 0.409. The van der Waals surface area contributed by atoms with Gasteiger partial charge in [-0.15, -0.1) is 0 Å². The van der Waals surface area contributed by atoms with Crippen LogP contribution in [0.25, 0.3) is 5.57 Å². The van der Waals surface area contributed by atoms with Gasteiger partial charge in [-0.05, 0) is 35.9 Å². The van der Waals surface area contributed by atoms with E-state index in [1.807, 2.05) is 60.7 Å². The maximum atomic E-state index is 5.56. The first-order chi connectivity index (χ1) is 11.8. The smallest absolute Gasteiger partial charge is 0.142 e. The zero-order valence-electron chi connectivity index (χ0n) is 13.3. The largest absolute Gasteiger partial charge is 0.497 e. The van der Waals surface area contributed by atoms with E-state index in [1.165, 1.54) is 0 Å². The normalized spacial score (nSPS) is 16.3. The van der Waals surface area contributed by atoms with Gasteiger partial charge in [0.05, 0.1) is 18.2 Å². The van der Waals surface area contributed by atoms with Crippen molar-refractivity contribution in [1.29, 1.82) is 0 Å². The topological polar surface area (TPSA) is 43.2 Å². The van der Waals surface area contributed by atoms with Gasteiger partial charge in [0, 0.05) is 10.8 Å². The number of hydrogen-bond donors (Lipinski definition) is 0. The van der Waals surface area contributed by atoms with Crippen LogP contribution in [0.1, 0.15) is 5.56 Å². The quantitative estimate of drug-likeness (QED) is 0.814. The fourth-order valence-corrected chi connectivity index (χ4v) is 2.78. The molecule has 1 heterocycles. The van der Waals surface area contributed by atoms with Gasteiger partial charge in [-0.25, -0.2) is 4.99 Å². The summed E-state index contributed by atoms with van der Waals surface area (Å²) in [5.74, 6) is 0.829. The average molecular weight is 316 g/mol. The second kappa shape index (κ2) is 6.16. The van der Waals surface area contributed by atoms with E-state index in [0.29, 0.717) is 6.61 Å². The van der Waals surface area contributed by atoms with Crippen LogP contribution in [-0.4, -0.2) is 12.8 Å². The van der Waals surface area contributed by atoms with Crippen LogP contribution < -0.4 is 15.3 Å². The third-order valence-corrected chi connectivity index (χ3v) is 3.99. The first-order valence-electron chi connectivity index (χ1n) is 7.75. The molecule has 1 aliphatic carbocycles. The van der Waals surface area contributed by atoms with E-state index in [2.05, 4.69) is 16.2 Å². The third-order valence-electron chi connectivity index (χ3n) is 3.99. The standard InChI is InChI=1S/C20H16N2O2/c1-23-15-11-9-14(10-12-15)13-24-22-19-8-4-7-18-20(19)16-5-2-3-6-17(16)21-18/h2-12H,13H2,1H3. The molecule has 0 aromatic heterocycles. The number of para-hydroxylation sites is 1. The Hall–Kier alpha value is -3.14. The lowest BCUT2D eigenvalue weighted by Crippen LogP contribution is -2.24. The van der Waals surface area contributed by atoms with Crippen LogP contribution in [0.5, 0.6) is 5.75 Å². The molecule has 0 spiro atoms. The lowest BCUT2D eigenvalue weighted by Gasteiger charge is -2.09. The number of methoxy groups -OCH3 is 1. The van der Waals surface area contributed by atoms with Crippen LogP contribution >= 0.6 is 0 Å². The Morgan fingerprint density at radius 3 is 2.71 bits per heavy atom. The molecule has 0 saturated carbocycles. The number of benzene rings is 2. The van der Waals surface area contributed by atoms with Crippen molar-refractivity contribution >= 4 is 11.3 Å². The third kappa shape index (κ3) is 2.63. The molecule has 0 radical (unpaired) electrons. The highest BCUT2D eigenvalue weighted by Crippen LogP contribution is 2.21. The maximum absolute atomic E-state index is 5.56. The Morgan fingerprint density at radius 2 is 1.88 bits per heavy atom. The summed E-state index contributed by atoms with van der Waals surface area (Å²) in [4.78, 5) is 10.2. The van der Waals surface area contributed by atoms with Gasteiger partial charge >= 0.3 is 0 Å². The SMILES string of the molecule is COc1ccc(CON=C2C=CC=C3N=c4ccccc4=C32)cc1. The second-order valence-electron chi connectivity index (χ2n) is 5.51. The zero-order valence-corrected chi connectivity index (χ0v) is 13.3. The maximum Gasteiger partial charge on any atom is 0.142 e. The highest BCUT2D eigenvalue weighted by molar-refractivity contribution is 6.30. The summed E-state index contributed by atoms with van der Waals surface area (Å²) in [5, 5.41) is 6.40. The van der Waals surface area contributed by atoms with Gasteiger partial charge in [0.1, 0.15) is 18.1 Å². The van der Waals surface area contributed by atoms with Gasteiger partial charge in [-0.3, -0.25) is 0 Å². The minimum Gasteiger partial charge on any atom is -0.497 e. The Morgan fingerprint density at radius 1 is 1.04 bits per heavy atom. The molecule has 2 aliphatic rings. The molecule has 4 rings (SSSR count). The predicted molar refractivity (Wildman–Crippen MR) is 93.1 cm³/mol. The van der Waals surface area contributed by atoms with Gasteiger partial charge < -0.3 is 9.57 Å². The van der Waals surface area contributed by atoms with E-state index in [9.17, 15) is 0 Å². The number of fused-ring (bicyclic) bond motifs is 2. The molecule has 1 aliphatic heterocycles. The molecular formula is C20H16N2O2. The number of nitrogens with zero attached hydrogens (tertiary/aromatic N) is 2. The van der Waals surface area contributed by atoms with E-state index < -0.39 is 0 Å². The molecule has 24 heavy (non-hydrogen) atoms. The molecule has 0 atom stereocenters. The fraction of sp³-hybridized carbons (Fsp3) is 0.100. The second-order valence-corrected chi connectivity index (χ2v) is 5.51. The van der Waals surface area contributed by atoms with E-state index in [0.717, 1.165) is 38.9 Å². The van der Waals surface area contributed by atoms with Gasteiger partial charge in [0.25, 0.3) is 0 Å². The van der Waals surface area contributed by atoms with Crippen LogP contribution in [0.2, 0.25) is 0 Å². The number of oxime groups is 1. The van der Waals surface area contributed by atoms with Gasteiger partial charge in [0.15, 0.2) is 0 Å². The summed E-state index contributed by atoms with van der Waals surface area (Å²) in [6, 6.07) is 15.8. The molecule has 4 heteroatoms. The number of rotatable bonds is 4. The van der Waals surface area contributed by atoms with Gasteiger partial charge in [-0.1, -0.05) is 41.6 Å². The minimum atomic E-state index is 0.409. The molecule has 0 fully saturated rings. The Kier molecular flexibility index (Phi) is 3.71. The molecule has 0 unspecified atom stereocenters. The summed E-state index contributed by atoms with van der Waals surface area (Å²) in [6.07, 6.45) is 5.89. The van der Waals surface area contributed by atoms with Crippen LogP contribution in [0.3, 0.4) is 0 Å². The van der Waals surface area contributed by atoms with Crippen molar-refractivity contribution in [3.8, 4) is 5.75 Å². The van der Waals surface area contributed by atoms with Crippen molar-refractivity contribution in [1.82, 2.24) is 0 Å². The number of allylic oxidation sites excluding steroid dienone is 4. The van der Waals surface area contributed by atoms with Gasteiger partial charge in [0.2, 0.25) is 0 Å². The highest BCUT2D eigenvalue weighted by atomic mass is 16.6. The van der Waals surface area contributed by atoms with Crippen LogP contribution in [0, 0.1) is 0 Å². The van der Waals surface area contributed by atoms with Crippen molar-refractivity contribution in [3.63, 3.8) is 0 Å². The summed E-state index contributed by atoms with van der Waals surface area (Å²) in [6.45, 7) is 0.409.